The molecule has 2 aliphatic rings. The van der Waals surface area contributed by atoms with Gasteiger partial charge in [0, 0.05) is 44.5 Å². The van der Waals surface area contributed by atoms with Crippen LogP contribution in [0.5, 0.6) is 0 Å². The molecule has 0 bridgehead atoms. The molecule has 6 nitrogen and oxygen atoms in total. The van der Waals surface area contributed by atoms with Crippen LogP contribution in [0, 0.1) is 5.82 Å². The Kier molecular flexibility index (Phi) is 5.85. The van der Waals surface area contributed by atoms with Crippen LogP contribution in [-0.4, -0.2) is 50.6 Å². The first-order valence-electron chi connectivity index (χ1n) is 10.0. The van der Waals surface area contributed by atoms with Gasteiger partial charge in [-0.1, -0.05) is 12.1 Å². The number of nitrogens with zero attached hydrogens (tertiary/aromatic N) is 2. The molecule has 1 N–H and O–H groups in total. The molecular weight excluding hydrogens is 393 g/mol. The molecular formula is C21H26FN3O3S. The minimum atomic E-state index is -3.47. The summed E-state index contributed by atoms with van der Waals surface area (Å²) in [5, 5.41) is 3.32. The van der Waals surface area contributed by atoms with E-state index in [1.165, 1.54) is 16.6 Å². The van der Waals surface area contributed by atoms with E-state index in [-0.39, 0.29) is 16.1 Å². The Labute approximate surface area is 171 Å². The summed E-state index contributed by atoms with van der Waals surface area (Å²) >= 11 is 0. The molecule has 0 spiro atoms. The monoisotopic (exact) mass is 419 g/mol. The lowest BCUT2D eigenvalue weighted by Gasteiger charge is -2.38. The van der Waals surface area contributed by atoms with Gasteiger partial charge in [0.25, 0.3) is 0 Å². The molecule has 2 saturated heterocycles. The number of rotatable bonds is 6. The minimum Gasteiger partial charge on any atom is -0.381 e. The lowest BCUT2D eigenvalue weighted by molar-refractivity contribution is 0.0542. The van der Waals surface area contributed by atoms with Crippen molar-refractivity contribution >= 4 is 15.8 Å². The maximum absolute atomic E-state index is 13.8. The van der Waals surface area contributed by atoms with Gasteiger partial charge in [0.15, 0.2) is 0 Å². The second-order valence-electron chi connectivity index (χ2n) is 7.75. The molecule has 0 saturated carbocycles. The summed E-state index contributed by atoms with van der Waals surface area (Å²) in [4.78, 5) is 4.54. The summed E-state index contributed by atoms with van der Waals surface area (Å²) in [6, 6.07) is 10.0. The number of hydrogen-bond acceptors (Lipinski definition) is 5. The number of benzene rings is 1. The first-order valence-corrected chi connectivity index (χ1v) is 11.5. The van der Waals surface area contributed by atoms with Gasteiger partial charge in [0.2, 0.25) is 10.0 Å². The number of nitrogens with one attached hydrogen (secondary N) is 1. The largest absolute Gasteiger partial charge is 0.381 e. The highest BCUT2D eigenvalue weighted by molar-refractivity contribution is 7.89. The molecule has 1 aromatic heterocycles. The number of hydrogen-bond donors (Lipinski definition) is 1. The lowest BCUT2D eigenvalue weighted by Crippen LogP contribution is -2.40. The molecule has 0 atom stereocenters. The molecule has 156 valence electrons. The summed E-state index contributed by atoms with van der Waals surface area (Å²) in [5.41, 5.74) is 0.698. The topological polar surface area (TPSA) is 71.5 Å². The normalized spacial score (nSPS) is 19.9. The molecule has 3 heterocycles. The van der Waals surface area contributed by atoms with Crippen LogP contribution in [0.25, 0.3) is 0 Å². The van der Waals surface area contributed by atoms with Gasteiger partial charge in [0.05, 0.1) is 0 Å². The van der Waals surface area contributed by atoms with E-state index in [1.54, 1.807) is 24.3 Å². The third kappa shape index (κ3) is 4.29. The Hall–Kier alpha value is -2.03. The Bertz CT molecular complexity index is 938. The second-order valence-corrected chi connectivity index (χ2v) is 9.68. The number of pyridine rings is 1. The van der Waals surface area contributed by atoms with E-state index in [2.05, 4.69) is 10.3 Å². The molecule has 0 aliphatic carbocycles. The third-order valence-electron chi connectivity index (χ3n) is 5.93. The summed E-state index contributed by atoms with van der Waals surface area (Å²) in [6.07, 6.45) is 4.78. The maximum Gasteiger partial charge on any atom is 0.244 e. The van der Waals surface area contributed by atoms with E-state index in [9.17, 15) is 12.8 Å². The highest BCUT2D eigenvalue weighted by Crippen LogP contribution is 2.35. The Morgan fingerprint density at radius 1 is 1.14 bits per heavy atom. The van der Waals surface area contributed by atoms with Gasteiger partial charge in [-0.3, -0.25) is 0 Å². The molecule has 2 aromatic rings. The highest BCUT2D eigenvalue weighted by atomic mass is 32.2. The van der Waals surface area contributed by atoms with Crippen molar-refractivity contribution in [3.05, 3.63) is 54.0 Å². The van der Waals surface area contributed by atoms with E-state index in [4.69, 9.17) is 4.74 Å². The summed E-state index contributed by atoms with van der Waals surface area (Å²) < 4.78 is 46.1. The number of ether oxygens (including phenoxy) is 1. The van der Waals surface area contributed by atoms with Crippen molar-refractivity contribution in [1.82, 2.24) is 9.29 Å². The SMILES string of the molecule is O=S(=O)(c1ccc(NCC2(c3cccc(F)c3)CCOCC2)nc1)N1CCCC1. The first kappa shape index (κ1) is 20.3. The third-order valence-corrected chi connectivity index (χ3v) is 7.82. The van der Waals surface area contributed by atoms with Crippen LogP contribution in [0.3, 0.4) is 0 Å². The predicted molar refractivity (Wildman–Crippen MR) is 109 cm³/mol. The van der Waals surface area contributed by atoms with Gasteiger partial charge in [0.1, 0.15) is 16.5 Å². The molecule has 0 unspecified atom stereocenters. The fraction of sp³-hybridized carbons (Fsp3) is 0.476. The van der Waals surface area contributed by atoms with Crippen LogP contribution in [0.15, 0.2) is 47.5 Å². The minimum absolute atomic E-state index is 0.218. The van der Waals surface area contributed by atoms with Gasteiger partial charge in [-0.15, -0.1) is 0 Å². The molecule has 2 aliphatic heterocycles. The average Bonchev–Trinajstić information content (AvgIpc) is 3.29. The first-order chi connectivity index (χ1) is 14.0. The highest BCUT2D eigenvalue weighted by Gasteiger charge is 2.35. The maximum atomic E-state index is 13.8. The van der Waals surface area contributed by atoms with Crippen molar-refractivity contribution in [1.29, 1.82) is 0 Å². The van der Waals surface area contributed by atoms with Crippen LogP contribution < -0.4 is 5.32 Å². The molecule has 0 radical (unpaired) electrons. The van der Waals surface area contributed by atoms with Crippen molar-refractivity contribution in [2.45, 2.75) is 36.0 Å². The number of aromatic nitrogens is 1. The van der Waals surface area contributed by atoms with Gasteiger partial charge in [-0.2, -0.15) is 4.31 Å². The number of halogens is 1. The van der Waals surface area contributed by atoms with Crippen LogP contribution in [0.4, 0.5) is 10.2 Å². The van der Waals surface area contributed by atoms with Crippen LogP contribution >= 0.6 is 0 Å². The molecule has 29 heavy (non-hydrogen) atoms. The van der Waals surface area contributed by atoms with Gasteiger partial charge in [-0.25, -0.2) is 17.8 Å². The van der Waals surface area contributed by atoms with E-state index in [0.29, 0.717) is 38.7 Å². The van der Waals surface area contributed by atoms with Gasteiger partial charge < -0.3 is 10.1 Å². The zero-order valence-electron chi connectivity index (χ0n) is 16.3. The van der Waals surface area contributed by atoms with Crippen molar-refractivity contribution in [2.24, 2.45) is 0 Å². The Morgan fingerprint density at radius 3 is 2.55 bits per heavy atom. The van der Waals surface area contributed by atoms with Gasteiger partial charge in [-0.05, 0) is 55.5 Å². The van der Waals surface area contributed by atoms with E-state index >= 15 is 0 Å². The predicted octanol–water partition coefficient (Wildman–Crippen LogP) is 3.17. The molecule has 2 fully saturated rings. The summed E-state index contributed by atoms with van der Waals surface area (Å²) in [6.45, 7) is 2.96. The van der Waals surface area contributed by atoms with E-state index in [0.717, 1.165) is 31.2 Å². The van der Waals surface area contributed by atoms with E-state index in [1.807, 2.05) is 6.07 Å². The Balaban J connectivity index is 1.49. The number of anilines is 1. The van der Waals surface area contributed by atoms with Crippen LogP contribution in [0.1, 0.15) is 31.2 Å². The fourth-order valence-corrected chi connectivity index (χ4v) is 5.59. The quantitative estimate of drug-likeness (QED) is 0.779. The smallest absolute Gasteiger partial charge is 0.244 e. The van der Waals surface area contributed by atoms with Crippen molar-refractivity contribution < 1.29 is 17.5 Å². The van der Waals surface area contributed by atoms with Crippen molar-refractivity contribution in [2.75, 3.05) is 38.2 Å². The van der Waals surface area contributed by atoms with Crippen molar-refractivity contribution in [3.63, 3.8) is 0 Å². The van der Waals surface area contributed by atoms with Crippen LogP contribution in [0.2, 0.25) is 0 Å². The Morgan fingerprint density at radius 2 is 1.90 bits per heavy atom. The summed E-state index contributed by atoms with van der Waals surface area (Å²) in [5.74, 6) is 0.357. The van der Waals surface area contributed by atoms with Gasteiger partial charge >= 0.3 is 0 Å². The average molecular weight is 420 g/mol. The number of sulfonamides is 1. The van der Waals surface area contributed by atoms with Crippen LogP contribution in [-0.2, 0) is 20.2 Å². The molecule has 4 rings (SSSR count). The van der Waals surface area contributed by atoms with Crippen molar-refractivity contribution in [3.8, 4) is 0 Å². The zero-order valence-corrected chi connectivity index (χ0v) is 17.1. The molecule has 1 aromatic carbocycles. The zero-order chi connectivity index (χ0) is 20.3. The lowest BCUT2D eigenvalue weighted by atomic mass is 9.74. The molecule has 0 amide bonds. The second kappa shape index (κ2) is 8.38. The molecule has 8 heteroatoms. The summed E-state index contributed by atoms with van der Waals surface area (Å²) in [7, 11) is -3.47. The fourth-order valence-electron chi connectivity index (χ4n) is 4.12. The standard InChI is InChI=1S/C21H26FN3O3S/c22-18-5-3-4-17(14-18)21(8-12-28-13-9-21)16-24-20-7-6-19(15-23-20)29(26,27)25-10-1-2-11-25/h3-7,14-15H,1-2,8-13,16H2,(H,23,24). The van der Waals surface area contributed by atoms with E-state index < -0.39 is 10.0 Å².